The van der Waals surface area contributed by atoms with Crippen LogP contribution in [0.15, 0.2) is 24.5 Å². The number of ether oxygens (including phenoxy) is 1. The van der Waals surface area contributed by atoms with E-state index in [1.54, 1.807) is 12.1 Å². The number of carbonyl (C=O) groups is 1. The minimum Gasteiger partial charge on any atom is -0.482 e. The van der Waals surface area contributed by atoms with Crippen LogP contribution in [0.5, 0.6) is 5.75 Å². The number of halogens is 2. The summed E-state index contributed by atoms with van der Waals surface area (Å²) < 4.78 is 5.38. The Morgan fingerprint density at radius 3 is 2.70 bits per heavy atom. The number of nitrogens with zero attached hydrogens (tertiary/aromatic N) is 4. The van der Waals surface area contributed by atoms with Gasteiger partial charge in [0.25, 0.3) is 5.91 Å². The molecule has 10 nitrogen and oxygen atoms in total. The molecule has 0 saturated carbocycles. The van der Waals surface area contributed by atoms with Gasteiger partial charge in [-0.3, -0.25) is 20.5 Å². The zero-order valence-corrected chi connectivity index (χ0v) is 17.7. The first kappa shape index (κ1) is 22.2. The first-order chi connectivity index (χ1) is 14.5. The smallest absolute Gasteiger partial charge is 0.276 e. The van der Waals surface area contributed by atoms with Crippen molar-refractivity contribution in [1.29, 1.82) is 0 Å². The fourth-order valence-electron chi connectivity index (χ4n) is 2.96. The number of aliphatic hydroxyl groups excluding tert-OH is 1. The lowest BCUT2D eigenvalue weighted by Gasteiger charge is -2.35. The summed E-state index contributed by atoms with van der Waals surface area (Å²) >= 11 is 11.8. The molecule has 5 N–H and O–H groups in total. The van der Waals surface area contributed by atoms with Crippen LogP contribution in [0.1, 0.15) is 0 Å². The number of hydrogen-bond acceptors (Lipinski definition) is 9. The molecule has 0 atom stereocenters. The quantitative estimate of drug-likeness (QED) is 0.430. The number of aromatic nitrogens is 2. The highest BCUT2D eigenvalue weighted by molar-refractivity contribution is 6.35. The standard InChI is InChI=1S/C18H23Cl2N7O3/c19-12-1-2-14(13(20)9-12)30-10-15(29)24-25-17-16(21)18(23-11-22-17)27-5-3-26(4-6-27)7-8-28/h1-2,9,11,28H,3-8,10,21H2,(H,24,29)(H,22,23,25). The van der Waals surface area contributed by atoms with Crippen LogP contribution in [0.25, 0.3) is 0 Å². The molecule has 3 rings (SSSR count). The molecule has 1 aromatic heterocycles. The molecule has 1 saturated heterocycles. The molecule has 12 heteroatoms. The molecular weight excluding hydrogens is 433 g/mol. The molecule has 1 fully saturated rings. The average Bonchev–Trinajstić information content (AvgIpc) is 2.73. The van der Waals surface area contributed by atoms with Crippen LogP contribution in [0.3, 0.4) is 0 Å². The number of amides is 1. The summed E-state index contributed by atoms with van der Waals surface area (Å²) in [7, 11) is 0. The second kappa shape index (κ2) is 10.5. The number of piperazine rings is 1. The van der Waals surface area contributed by atoms with E-state index in [-0.39, 0.29) is 19.0 Å². The number of nitrogens with one attached hydrogen (secondary N) is 2. The maximum Gasteiger partial charge on any atom is 0.276 e. The molecule has 2 heterocycles. The molecule has 0 radical (unpaired) electrons. The van der Waals surface area contributed by atoms with Crippen molar-refractivity contribution in [1.82, 2.24) is 20.3 Å². The van der Waals surface area contributed by atoms with Crippen LogP contribution in [-0.2, 0) is 4.79 Å². The van der Waals surface area contributed by atoms with E-state index in [4.69, 9.17) is 38.8 Å². The number of nitrogens with two attached hydrogens (primary N) is 1. The lowest BCUT2D eigenvalue weighted by Crippen LogP contribution is -2.47. The van der Waals surface area contributed by atoms with Crippen LogP contribution in [0, 0.1) is 0 Å². The first-order valence-electron chi connectivity index (χ1n) is 9.29. The van der Waals surface area contributed by atoms with Gasteiger partial charge >= 0.3 is 0 Å². The highest BCUT2D eigenvalue weighted by Crippen LogP contribution is 2.28. The van der Waals surface area contributed by atoms with E-state index in [0.717, 1.165) is 26.2 Å². The number of hydrogen-bond donors (Lipinski definition) is 4. The van der Waals surface area contributed by atoms with E-state index < -0.39 is 5.91 Å². The second-order valence-electron chi connectivity index (χ2n) is 6.55. The van der Waals surface area contributed by atoms with Gasteiger partial charge in [-0.1, -0.05) is 23.2 Å². The first-order valence-corrected chi connectivity index (χ1v) is 10.0. The minimum absolute atomic E-state index is 0.136. The Morgan fingerprint density at radius 2 is 2.00 bits per heavy atom. The van der Waals surface area contributed by atoms with Crippen molar-refractivity contribution in [3.63, 3.8) is 0 Å². The van der Waals surface area contributed by atoms with E-state index in [1.165, 1.54) is 12.4 Å². The summed E-state index contributed by atoms with van der Waals surface area (Å²) in [5.74, 6) is 0.781. The fourth-order valence-corrected chi connectivity index (χ4v) is 3.43. The zero-order chi connectivity index (χ0) is 21.5. The second-order valence-corrected chi connectivity index (χ2v) is 7.39. The van der Waals surface area contributed by atoms with Crippen molar-refractivity contribution in [2.75, 3.05) is 62.0 Å². The number of hydrazine groups is 1. The van der Waals surface area contributed by atoms with Crippen LogP contribution in [-0.4, -0.2) is 71.8 Å². The summed E-state index contributed by atoms with van der Waals surface area (Å²) in [6, 6.07) is 4.73. The Bertz CT molecular complexity index is 879. The van der Waals surface area contributed by atoms with Gasteiger partial charge in [-0.15, -0.1) is 0 Å². The maximum atomic E-state index is 12.1. The van der Waals surface area contributed by atoms with Crippen molar-refractivity contribution in [2.24, 2.45) is 0 Å². The molecule has 162 valence electrons. The van der Waals surface area contributed by atoms with Gasteiger partial charge in [0.1, 0.15) is 17.8 Å². The van der Waals surface area contributed by atoms with Crippen LogP contribution < -0.4 is 26.2 Å². The van der Waals surface area contributed by atoms with Gasteiger partial charge < -0.3 is 20.5 Å². The summed E-state index contributed by atoms with van der Waals surface area (Å²) in [6.45, 7) is 3.57. The number of anilines is 3. The van der Waals surface area contributed by atoms with Crippen molar-refractivity contribution in [2.45, 2.75) is 0 Å². The molecule has 30 heavy (non-hydrogen) atoms. The molecule has 1 aliphatic heterocycles. The van der Waals surface area contributed by atoms with E-state index >= 15 is 0 Å². The molecule has 0 aliphatic carbocycles. The van der Waals surface area contributed by atoms with Crippen molar-refractivity contribution in [3.05, 3.63) is 34.6 Å². The number of benzene rings is 1. The Hall–Kier alpha value is -2.53. The molecule has 0 unspecified atom stereocenters. The Morgan fingerprint density at radius 1 is 1.23 bits per heavy atom. The fraction of sp³-hybridized carbons (Fsp3) is 0.389. The topological polar surface area (TPSA) is 129 Å². The predicted octanol–water partition coefficient (Wildman–Crippen LogP) is 1.00. The van der Waals surface area contributed by atoms with Gasteiger partial charge in [0.05, 0.1) is 11.6 Å². The van der Waals surface area contributed by atoms with Crippen molar-refractivity contribution < 1.29 is 14.6 Å². The third-order valence-corrected chi connectivity index (χ3v) is 5.05. The minimum atomic E-state index is -0.446. The van der Waals surface area contributed by atoms with E-state index in [2.05, 4.69) is 25.7 Å². The third kappa shape index (κ3) is 5.76. The van der Waals surface area contributed by atoms with Gasteiger partial charge in [0.15, 0.2) is 18.2 Å². The number of aliphatic hydroxyl groups is 1. The molecule has 0 bridgehead atoms. The molecule has 2 aromatic rings. The Kier molecular flexibility index (Phi) is 7.75. The maximum absolute atomic E-state index is 12.1. The normalized spacial score (nSPS) is 14.4. The van der Waals surface area contributed by atoms with Gasteiger partial charge in [-0.25, -0.2) is 9.97 Å². The molecular formula is C18H23Cl2N7O3. The summed E-state index contributed by atoms with van der Waals surface area (Å²) in [6.07, 6.45) is 1.38. The highest BCUT2D eigenvalue weighted by atomic mass is 35.5. The zero-order valence-electron chi connectivity index (χ0n) is 16.1. The number of nitrogen functional groups attached to an aromatic ring is 1. The number of β-amino-alcohol motifs (C(OH)–C–C–N with tert-alkyl or cyclic N) is 1. The monoisotopic (exact) mass is 455 g/mol. The molecule has 1 aliphatic rings. The van der Waals surface area contributed by atoms with Crippen LogP contribution >= 0.6 is 23.2 Å². The van der Waals surface area contributed by atoms with E-state index in [0.29, 0.717) is 33.8 Å². The van der Waals surface area contributed by atoms with E-state index in [1.807, 2.05) is 4.90 Å². The number of carbonyl (C=O) groups excluding carboxylic acids is 1. The summed E-state index contributed by atoms with van der Waals surface area (Å²) in [4.78, 5) is 24.6. The van der Waals surface area contributed by atoms with Gasteiger partial charge in [-0.05, 0) is 18.2 Å². The third-order valence-electron chi connectivity index (χ3n) is 4.52. The van der Waals surface area contributed by atoms with E-state index in [9.17, 15) is 4.79 Å². The highest BCUT2D eigenvalue weighted by Gasteiger charge is 2.21. The van der Waals surface area contributed by atoms with Crippen LogP contribution in [0.2, 0.25) is 10.0 Å². The molecule has 1 aromatic carbocycles. The SMILES string of the molecule is Nc1c(NNC(=O)COc2ccc(Cl)cc2Cl)ncnc1N1CCN(CCO)CC1. The van der Waals surface area contributed by atoms with Crippen molar-refractivity contribution >= 4 is 46.4 Å². The summed E-state index contributed by atoms with van der Waals surface area (Å²) in [5.41, 5.74) is 11.7. The lowest BCUT2D eigenvalue weighted by atomic mass is 10.3. The average molecular weight is 456 g/mol. The van der Waals surface area contributed by atoms with Crippen LogP contribution in [0.4, 0.5) is 17.3 Å². The predicted molar refractivity (Wildman–Crippen MR) is 116 cm³/mol. The van der Waals surface area contributed by atoms with Gasteiger partial charge in [0.2, 0.25) is 0 Å². The Labute approximate surface area is 183 Å². The molecule has 0 spiro atoms. The lowest BCUT2D eigenvalue weighted by molar-refractivity contribution is -0.122. The van der Waals surface area contributed by atoms with Crippen molar-refractivity contribution in [3.8, 4) is 5.75 Å². The van der Waals surface area contributed by atoms with Gasteiger partial charge in [-0.2, -0.15) is 0 Å². The summed E-state index contributed by atoms with van der Waals surface area (Å²) in [5, 5.41) is 9.84. The largest absolute Gasteiger partial charge is 0.482 e. The molecule has 1 amide bonds. The Balaban J connectivity index is 1.53. The van der Waals surface area contributed by atoms with Gasteiger partial charge in [0, 0.05) is 37.7 Å². The number of rotatable bonds is 8.